The molecule has 0 rings (SSSR count). The quantitative estimate of drug-likeness (QED) is 0.304. The van der Waals surface area contributed by atoms with Crippen LogP contribution in [0, 0.1) is 5.92 Å². The van der Waals surface area contributed by atoms with Crippen molar-refractivity contribution in [3.05, 3.63) is 0 Å². The van der Waals surface area contributed by atoms with Crippen molar-refractivity contribution in [3.8, 4) is 0 Å². The van der Waals surface area contributed by atoms with Crippen LogP contribution in [-0.2, 0) is 4.79 Å². The van der Waals surface area contributed by atoms with Gasteiger partial charge in [-0.1, -0.05) is 85.5 Å². The predicted octanol–water partition coefficient (Wildman–Crippen LogP) is 5.83. The monoisotopic (exact) mass is 354 g/mol. The Balaban J connectivity index is 3.16. The number of carbonyl (C=O) groups excluding carboxylic acids is 1. The standard InChI is InChI=1S/C22H46N2O/c1-20(2)16-13-15-19-24-22(25)17-12-10-8-6-5-7-9-11-14-18-23-21(3)4/h20-21,23H,5-19H2,1-4H3,(H,24,25). The number of hydrogen-bond donors (Lipinski definition) is 2. The molecule has 0 unspecified atom stereocenters. The van der Waals surface area contributed by atoms with E-state index >= 15 is 0 Å². The minimum Gasteiger partial charge on any atom is -0.356 e. The van der Waals surface area contributed by atoms with Crippen LogP contribution in [0.4, 0.5) is 0 Å². The first kappa shape index (κ1) is 24.4. The zero-order valence-corrected chi connectivity index (χ0v) is 17.7. The molecule has 25 heavy (non-hydrogen) atoms. The highest BCUT2D eigenvalue weighted by molar-refractivity contribution is 5.75. The predicted molar refractivity (Wildman–Crippen MR) is 111 cm³/mol. The number of carbonyl (C=O) groups is 1. The molecule has 0 aliphatic carbocycles. The first-order chi connectivity index (χ1) is 12.0. The summed E-state index contributed by atoms with van der Waals surface area (Å²) in [5.41, 5.74) is 0. The van der Waals surface area contributed by atoms with Gasteiger partial charge in [0.1, 0.15) is 0 Å². The van der Waals surface area contributed by atoms with Crippen LogP contribution < -0.4 is 10.6 Å². The first-order valence-corrected chi connectivity index (χ1v) is 11.0. The lowest BCUT2D eigenvalue weighted by molar-refractivity contribution is -0.121. The van der Waals surface area contributed by atoms with Gasteiger partial charge in [0.05, 0.1) is 0 Å². The van der Waals surface area contributed by atoms with E-state index in [1.807, 2.05) is 0 Å². The molecule has 0 aromatic heterocycles. The number of nitrogens with one attached hydrogen (secondary N) is 2. The van der Waals surface area contributed by atoms with Crippen LogP contribution in [-0.4, -0.2) is 25.0 Å². The van der Waals surface area contributed by atoms with E-state index in [1.54, 1.807) is 0 Å². The van der Waals surface area contributed by atoms with E-state index in [9.17, 15) is 4.79 Å². The maximum Gasteiger partial charge on any atom is 0.219 e. The van der Waals surface area contributed by atoms with Crippen LogP contribution in [0.3, 0.4) is 0 Å². The van der Waals surface area contributed by atoms with E-state index in [0.717, 1.165) is 31.8 Å². The maximum absolute atomic E-state index is 11.7. The molecule has 0 aromatic rings. The summed E-state index contributed by atoms with van der Waals surface area (Å²) in [6.45, 7) is 10.9. The Hall–Kier alpha value is -0.570. The fourth-order valence-corrected chi connectivity index (χ4v) is 3.03. The van der Waals surface area contributed by atoms with Crippen molar-refractivity contribution in [2.75, 3.05) is 13.1 Å². The summed E-state index contributed by atoms with van der Waals surface area (Å²) < 4.78 is 0. The van der Waals surface area contributed by atoms with Gasteiger partial charge in [0.2, 0.25) is 5.91 Å². The molecule has 3 heteroatoms. The van der Waals surface area contributed by atoms with Crippen molar-refractivity contribution in [1.29, 1.82) is 0 Å². The molecule has 0 fully saturated rings. The molecule has 0 aromatic carbocycles. The summed E-state index contributed by atoms with van der Waals surface area (Å²) in [5.74, 6) is 1.03. The number of unbranched alkanes of at least 4 members (excludes halogenated alkanes) is 9. The third-order valence-electron chi connectivity index (χ3n) is 4.66. The second-order valence-corrected chi connectivity index (χ2v) is 8.28. The third kappa shape index (κ3) is 21.4. The average Bonchev–Trinajstić information content (AvgIpc) is 2.55. The van der Waals surface area contributed by atoms with Gasteiger partial charge in [-0.15, -0.1) is 0 Å². The van der Waals surface area contributed by atoms with E-state index in [-0.39, 0.29) is 5.91 Å². The molecule has 0 bridgehead atoms. The molecule has 0 aliphatic rings. The van der Waals surface area contributed by atoms with E-state index in [1.165, 1.54) is 64.2 Å². The van der Waals surface area contributed by atoms with E-state index < -0.39 is 0 Å². The highest BCUT2D eigenvalue weighted by Crippen LogP contribution is 2.10. The molecule has 0 atom stereocenters. The minimum atomic E-state index is 0.250. The molecule has 0 heterocycles. The van der Waals surface area contributed by atoms with Crippen LogP contribution in [0.15, 0.2) is 0 Å². The molecule has 0 aliphatic heterocycles. The van der Waals surface area contributed by atoms with Gasteiger partial charge in [0.25, 0.3) is 0 Å². The topological polar surface area (TPSA) is 41.1 Å². The second-order valence-electron chi connectivity index (χ2n) is 8.28. The lowest BCUT2D eigenvalue weighted by Gasteiger charge is -2.07. The van der Waals surface area contributed by atoms with Crippen LogP contribution in [0.2, 0.25) is 0 Å². The normalized spacial score (nSPS) is 11.4. The Morgan fingerprint density at radius 3 is 1.76 bits per heavy atom. The Morgan fingerprint density at radius 2 is 1.20 bits per heavy atom. The third-order valence-corrected chi connectivity index (χ3v) is 4.66. The summed E-state index contributed by atoms with van der Waals surface area (Å²) in [6, 6.07) is 0.618. The van der Waals surface area contributed by atoms with E-state index in [0.29, 0.717) is 12.5 Å². The van der Waals surface area contributed by atoms with Gasteiger partial charge in [0, 0.05) is 19.0 Å². The van der Waals surface area contributed by atoms with Gasteiger partial charge in [-0.3, -0.25) is 4.79 Å². The summed E-state index contributed by atoms with van der Waals surface area (Å²) in [5, 5.41) is 6.53. The summed E-state index contributed by atoms with van der Waals surface area (Å²) >= 11 is 0. The van der Waals surface area contributed by atoms with Crippen molar-refractivity contribution in [3.63, 3.8) is 0 Å². The zero-order chi connectivity index (χ0) is 18.8. The minimum absolute atomic E-state index is 0.250. The fourth-order valence-electron chi connectivity index (χ4n) is 3.03. The van der Waals surface area contributed by atoms with Crippen LogP contribution in [0.5, 0.6) is 0 Å². The molecule has 2 N–H and O–H groups in total. The molecule has 0 saturated heterocycles. The molecular formula is C22H46N2O. The number of hydrogen-bond acceptors (Lipinski definition) is 2. The second kappa shape index (κ2) is 18.2. The van der Waals surface area contributed by atoms with Crippen LogP contribution in [0.25, 0.3) is 0 Å². The van der Waals surface area contributed by atoms with Gasteiger partial charge < -0.3 is 10.6 Å². The van der Waals surface area contributed by atoms with Crippen LogP contribution in [0.1, 0.15) is 111 Å². The molecule has 3 nitrogen and oxygen atoms in total. The van der Waals surface area contributed by atoms with Gasteiger partial charge in [-0.05, 0) is 31.7 Å². The summed E-state index contributed by atoms with van der Waals surface area (Å²) in [4.78, 5) is 11.7. The van der Waals surface area contributed by atoms with Crippen molar-refractivity contribution in [2.45, 2.75) is 117 Å². The highest BCUT2D eigenvalue weighted by Gasteiger charge is 2.01. The smallest absolute Gasteiger partial charge is 0.219 e. The first-order valence-electron chi connectivity index (χ1n) is 11.0. The van der Waals surface area contributed by atoms with Gasteiger partial charge in [-0.25, -0.2) is 0 Å². The number of rotatable bonds is 18. The Kier molecular flexibility index (Phi) is 17.8. The molecule has 150 valence electrons. The highest BCUT2D eigenvalue weighted by atomic mass is 16.1. The van der Waals surface area contributed by atoms with E-state index in [2.05, 4.69) is 38.3 Å². The summed E-state index contributed by atoms with van der Waals surface area (Å²) in [6.07, 6.45) is 16.0. The lowest BCUT2D eigenvalue weighted by Crippen LogP contribution is -2.24. The molecule has 0 radical (unpaired) electrons. The van der Waals surface area contributed by atoms with Gasteiger partial charge >= 0.3 is 0 Å². The van der Waals surface area contributed by atoms with Crippen molar-refractivity contribution >= 4 is 5.91 Å². The average molecular weight is 355 g/mol. The maximum atomic E-state index is 11.7. The SMILES string of the molecule is CC(C)CCCCNC(=O)CCCCCCCCCCCNC(C)C. The fraction of sp³-hybridized carbons (Fsp3) is 0.955. The number of amides is 1. The van der Waals surface area contributed by atoms with Gasteiger partial charge in [-0.2, -0.15) is 0 Å². The van der Waals surface area contributed by atoms with Gasteiger partial charge in [0.15, 0.2) is 0 Å². The Bertz CT molecular complexity index is 290. The van der Waals surface area contributed by atoms with Crippen molar-refractivity contribution < 1.29 is 4.79 Å². The molecule has 1 amide bonds. The molecular weight excluding hydrogens is 308 g/mol. The van der Waals surface area contributed by atoms with E-state index in [4.69, 9.17) is 0 Å². The zero-order valence-electron chi connectivity index (χ0n) is 17.7. The van der Waals surface area contributed by atoms with Crippen molar-refractivity contribution in [1.82, 2.24) is 10.6 Å². The Morgan fingerprint density at radius 1 is 0.680 bits per heavy atom. The molecule has 0 saturated carbocycles. The van der Waals surface area contributed by atoms with Crippen molar-refractivity contribution in [2.24, 2.45) is 5.92 Å². The lowest BCUT2D eigenvalue weighted by atomic mass is 10.1. The Labute approximate surface area is 158 Å². The molecule has 0 spiro atoms. The largest absolute Gasteiger partial charge is 0.356 e. The summed E-state index contributed by atoms with van der Waals surface area (Å²) in [7, 11) is 0. The van der Waals surface area contributed by atoms with Crippen LogP contribution >= 0.6 is 0 Å².